The Labute approximate surface area is 185 Å². The van der Waals surface area contributed by atoms with E-state index in [1.807, 2.05) is 37.3 Å². The van der Waals surface area contributed by atoms with Crippen molar-refractivity contribution in [1.29, 1.82) is 0 Å². The van der Waals surface area contributed by atoms with Gasteiger partial charge in [0, 0.05) is 32.7 Å². The molecule has 6 nitrogen and oxygen atoms in total. The Hall–Kier alpha value is -2.83. The van der Waals surface area contributed by atoms with E-state index in [1.165, 1.54) is 5.56 Å². The maximum atomic E-state index is 12.2. The molecule has 0 spiro atoms. The van der Waals surface area contributed by atoms with E-state index in [1.54, 1.807) is 0 Å². The molecule has 31 heavy (non-hydrogen) atoms. The fourth-order valence-electron chi connectivity index (χ4n) is 3.45. The summed E-state index contributed by atoms with van der Waals surface area (Å²) in [6.45, 7) is 8.71. The number of carbonyl (C=O) groups excluding carboxylic acids is 1. The number of rotatable bonds is 11. The minimum Gasteiger partial charge on any atom is -0.494 e. The summed E-state index contributed by atoms with van der Waals surface area (Å²) in [6, 6.07) is 17.9. The highest BCUT2D eigenvalue weighted by atomic mass is 16.5. The molecule has 3 rings (SSSR count). The van der Waals surface area contributed by atoms with Gasteiger partial charge in [-0.1, -0.05) is 42.5 Å². The van der Waals surface area contributed by atoms with Gasteiger partial charge >= 0.3 is 0 Å². The van der Waals surface area contributed by atoms with Crippen molar-refractivity contribution in [2.75, 3.05) is 59.0 Å². The van der Waals surface area contributed by atoms with Crippen molar-refractivity contribution in [3.63, 3.8) is 0 Å². The van der Waals surface area contributed by atoms with E-state index in [0.29, 0.717) is 26.3 Å². The van der Waals surface area contributed by atoms with Crippen LogP contribution in [0.5, 0.6) is 11.5 Å². The molecule has 1 aliphatic heterocycles. The first kappa shape index (κ1) is 22.8. The van der Waals surface area contributed by atoms with Crippen LogP contribution in [0.25, 0.3) is 6.08 Å². The lowest BCUT2D eigenvalue weighted by Crippen LogP contribution is -2.49. The lowest BCUT2D eigenvalue weighted by atomic mass is 10.2. The molecule has 1 amide bonds. The van der Waals surface area contributed by atoms with E-state index >= 15 is 0 Å². The summed E-state index contributed by atoms with van der Waals surface area (Å²) in [6.07, 6.45) is 4.37. The smallest absolute Gasteiger partial charge is 0.234 e. The molecule has 0 aliphatic carbocycles. The Bertz CT molecular complexity index is 801. The molecular formula is C25H33N3O3. The van der Waals surface area contributed by atoms with Gasteiger partial charge < -0.3 is 14.8 Å². The van der Waals surface area contributed by atoms with Crippen molar-refractivity contribution in [2.24, 2.45) is 0 Å². The van der Waals surface area contributed by atoms with Crippen molar-refractivity contribution in [2.45, 2.75) is 6.92 Å². The Balaban J connectivity index is 1.25. The van der Waals surface area contributed by atoms with Crippen molar-refractivity contribution < 1.29 is 14.3 Å². The van der Waals surface area contributed by atoms with Gasteiger partial charge in [-0.05, 0) is 36.8 Å². The van der Waals surface area contributed by atoms with E-state index in [2.05, 4.69) is 51.5 Å². The molecule has 166 valence electrons. The zero-order valence-electron chi connectivity index (χ0n) is 18.3. The van der Waals surface area contributed by atoms with Crippen LogP contribution in [0, 0.1) is 0 Å². The summed E-state index contributed by atoms with van der Waals surface area (Å²) >= 11 is 0. The minimum absolute atomic E-state index is 0.0488. The van der Waals surface area contributed by atoms with Crippen molar-refractivity contribution >= 4 is 12.0 Å². The number of hydrogen-bond donors (Lipinski definition) is 1. The first-order valence-electron chi connectivity index (χ1n) is 11.0. The monoisotopic (exact) mass is 423 g/mol. The predicted molar refractivity (Wildman–Crippen MR) is 124 cm³/mol. The van der Waals surface area contributed by atoms with Gasteiger partial charge in [-0.3, -0.25) is 14.6 Å². The van der Waals surface area contributed by atoms with Crippen LogP contribution >= 0.6 is 0 Å². The minimum atomic E-state index is 0.0488. The summed E-state index contributed by atoms with van der Waals surface area (Å²) < 4.78 is 11.1. The average molecular weight is 424 g/mol. The van der Waals surface area contributed by atoms with Gasteiger partial charge in [0.2, 0.25) is 5.91 Å². The largest absolute Gasteiger partial charge is 0.494 e. The molecule has 0 aromatic heterocycles. The van der Waals surface area contributed by atoms with Gasteiger partial charge in [0.05, 0.1) is 19.7 Å². The number of amides is 1. The van der Waals surface area contributed by atoms with Gasteiger partial charge in [0.1, 0.15) is 18.1 Å². The topological polar surface area (TPSA) is 54.0 Å². The summed E-state index contributed by atoms with van der Waals surface area (Å²) in [5, 5.41) is 2.94. The maximum absolute atomic E-state index is 12.2. The maximum Gasteiger partial charge on any atom is 0.234 e. The lowest BCUT2D eigenvalue weighted by Gasteiger charge is -2.33. The predicted octanol–water partition coefficient (Wildman–Crippen LogP) is 2.91. The van der Waals surface area contributed by atoms with Gasteiger partial charge in [0.25, 0.3) is 0 Å². The molecule has 6 heteroatoms. The summed E-state index contributed by atoms with van der Waals surface area (Å²) in [4.78, 5) is 16.8. The van der Waals surface area contributed by atoms with Gasteiger partial charge in [-0.15, -0.1) is 0 Å². The molecule has 2 aromatic rings. The van der Waals surface area contributed by atoms with Crippen molar-refractivity contribution in [3.8, 4) is 11.5 Å². The van der Waals surface area contributed by atoms with Crippen LogP contribution in [-0.2, 0) is 4.79 Å². The Morgan fingerprint density at radius 3 is 2.26 bits per heavy atom. The van der Waals surface area contributed by atoms with Crippen LogP contribution in [0.3, 0.4) is 0 Å². The van der Waals surface area contributed by atoms with Crippen LogP contribution in [-0.4, -0.2) is 74.7 Å². The zero-order valence-corrected chi connectivity index (χ0v) is 18.3. The second-order valence-electron chi connectivity index (χ2n) is 7.49. The molecule has 0 atom stereocenters. The fraction of sp³-hybridized carbons (Fsp3) is 0.400. The van der Waals surface area contributed by atoms with E-state index in [0.717, 1.165) is 44.2 Å². The molecule has 0 unspecified atom stereocenters. The van der Waals surface area contributed by atoms with E-state index in [-0.39, 0.29) is 5.91 Å². The number of nitrogens with zero attached hydrogens (tertiary/aromatic N) is 2. The molecule has 0 bridgehead atoms. The normalized spacial score (nSPS) is 15.1. The lowest BCUT2D eigenvalue weighted by molar-refractivity contribution is -0.122. The zero-order chi connectivity index (χ0) is 21.7. The number of carbonyl (C=O) groups is 1. The first-order valence-corrected chi connectivity index (χ1v) is 11.0. The Morgan fingerprint density at radius 1 is 0.935 bits per heavy atom. The third kappa shape index (κ3) is 8.44. The molecule has 2 aromatic carbocycles. The average Bonchev–Trinajstić information content (AvgIpc) is 2.80. The summed E-state index contributed by atoms with van der Waals surface area (Å²) in [5.74, 6) is 1.65. The number of hydrogen-bond acceptors (Lipinski definition) is 5. The third-order valence-electron chi connectivity index (χ3n) is 5.13. The molecular weight excluding hydrogens is 390 g/mol. The van der Waals surface area contributed by atoms with Crippen LogP contribution in [0.4, 0.5) is 0 Å². The van der Waals surface area contributed by atoms with Crippen molar-refractivity contribution in [3.05, 3.63) is 66.2 Å². The summed E-state index contributed by atoms with van der Waals surface area (Å²) in [7, 11) is 0. The Kier molecular flexibility index (Phi) is 9.41. The second-order valence-corrected chi connectivity index (χ2v) is 7.49. The molecule has 1 aliphatic rings. The van der Waals surface area contributed by atoms with Gasteiger partial charge in [-0.2, -0.15) is 0 Å². The quantitative estimate of drug-likeness (QED) is 0.563. The van der Waals surface area contributed by atoms with Crippen LogP contribution in [0.2, 0.25) is 0 Å². The van der Waals surface area contributed by atoms with Gasteiger partial charge in [-0.25, -0.2) is 0 Å². The molecule has 1 N–H and O–H groups in total. The van der Waals surface area contributed by atoms with E-state index in [4.69, 9.17) is 9.47 Å². The van der Waals surface area contributed by atoms with E-state index < -0.39 is 0 Å². The summed E-state index contributed by atoms with van der Waals surface area (Å²) in [5.41, 5.74) is 1.23. The SMILES string of the molecule is CCOc1ccc(OCCNC(=O)CN2CCN(C/C=C/c3ccccc3)CC2)cc1. The molecule has 1 heterocycles. The first-order chi connectivity index (χ1) is 15.2. The van der Waals surface area contributed by atoms with Gasteiger partial charge in [0.15, 0.2) is 0 Å². The fourth-order valence-corrected chi connectivity index (χ4v) is 3.45. The highest BCUT2D eigenvalue weighted by molar-refractivity contribution is 5.78. The van der Waals surface area contributed by atoms with Crippen molar-refractivity contribution in [1.82, 2.24) is 15.1 Å². The number of benzene rings is 2. The highest BCUT2D eigenvalue weighted by Crippen LogP contribution is 2.17. The number of nitrogens with one attached hydrogen (secondary N) is 1. The standard InChI is InChI=1S/C25H33N3O3/c1-2-30-23-10-12-24(13-11-23)31-20-14-26-25(29)21-28-18-16-27(17-19-28)15-6-9-22-7-4-3-5-8-22/h3-13H,2,14-21H2,1H3,(H,26,29)/b9-6+. The number of ether oxygens (including phenoxy) is 2. The molecule has 1 saturated heterocycles. The van der Waals surface area contributed by atoms with Crippen LogP contribution < -0.4 is 14.8 Å². The number of piperazine rings is 1. The highest BCUT2D eigenvalue weighted by Gasteiger charge is 2.17. The van der Waals surface area contributed by atoms with Crippen LogP contribution in [0.15, 0.2) is 60.7 Å². The molecule has 0 radical (unpaired) electrons. The third-order valence-corrected chi connectivity index (χ3v) is 5.13. The van der Waals surface area contributed by atoms with Crippen LogP contribution in [0.1, 0.15) is 12.5 Å². The van der Waals surface area contributed by atoms with E-state index in [9.17, 15) is 4.79 Å². The second kappa shape index (κ2) is 12.8. The Morgan fingerprint density at radius 2 is 1.58 bits per heavy atom. The molecule has 0 saturated carbocycles. The molecule has 1 fully saturated rings.